The van der Waals surface area contributed by atoms with E-state index in [1.54, 1.807) is 7.11 Å². The second kappa shape index (κ2) is 7.53. The lowest BCUT2D eigenvalue weighted by Gasteiger charge is -2.55. The van der Waals surface area contributed by atoms with Gasteiger partial charge in [0.25, 0.3) is 0 Å². The Bertz CT molecular complexity index is 661. The van der Waals surface area contributed by atoms with Gasteiger partial charge in [0.2, 0.25) is 5.91 Å². The molecule has 0 aliphatic heterocycles. The minimum absolute atomic E-state index is 0.0246. The van der Waals surface area contributed by atoms with E-state index in [1.165, 1.54) is 19.3 Å². The maximum atomic E-state index is 12.8. The number of amides is 1. The monoisotopic (exact) mass is 371 g/mol. The van der Waals surface area contributed by atoms with E-state index in [0.717, 1.165) is 48.3 Å². The fourth-order valence-electron chi connectivity index (χ4n) is 5.85. The summed E-state index contributed by atoms with van der Waals surface area (Å²) < 4.78 is 10.4. The number of ether oxygens (including phenoxy) is 2. The average Bonchev–Trinajstić information content (AvgIpc) is 2.65. The maximum absolute atomic E-state index is 12.8. The quantitative estimate of drug-likeness (QED) is 0.748. The Hall–Kier alpha value is -2.04. The Labute approximate surface area is 160 Å². The number of nitrogens with one attached hydrogen (secondary N) is 1. The summed E-state index contributed by atoms with van der Waals surface area (Å²) in [5.41, 5.74) is 0.874. The Balaban J connectivity index is 1.20. The summed E-state index contributed by atoms with van der Waals surface area (Å²) >= 11 is 0. The van der Waals surface area contributed by atoms with Gasteiger partial charge < -0.3 is 14.8 Å². The van der Waals surface area contributed by atoms with Crippen LogP contribution >= 0.6 is 0 Å². The van der Waals surface area contributed by atoms with Crippen molar-refractivity contribution in [2.45, 2.75) is 44.9 Å². The van der Waals surface area contributed by atoms with Gasteiger partial charge in [0.1, 0.15) is 12.3 Å². The van der Waals surface area contributed by atoms with E-state index in [9.17, 15) is 9.59 Å². The van der Waals surface area contributed by atoms with Crippen molar-refractivity contribution in [3.05, 3.63) is 29.8 Å². The van der Waals surface area contributed by atoms with Crippen LogP contribution in [0.4, 0.5) is 0 Å². The molecule has 4 aliphatic carbocycles. The third-order valence-electron chi connectivity index (χ3n) is 6.73. The largest absolute Gasteiger partial charge is 0.497 e. The lowest BCUT2D eigenvalue weighted by molar-refractivity contribution is -0.150. The van der Waals surface area contributed by atoms with Gasteiger partial charge in [-0.3, -0.25) is 9.59 Å². The minimum Gasteiger partial charge on any atom is -0.497 e. The van der Waals surface area contributed by atoms with Crippen molar-refractivity contribution in [3.8, 4) is 5.75 Å². The van der Waals surface area contributed by atoms with Crippen molar-refractivity contribution in [2.24, 2.45) is 23.2 Å². The predicted octanol–water partition coefficient (Wildman–Crippen LogP) is 3.11. The summed E-state index contributed by atoms with van der Waals surface area (Å²) in [6.45, 7) is 0.293. The topological polar surface area (TPSA) is 64.6 Å². The third-order valence-corrected chi connectivity index (χ3v) is 6.73. The van der Waals surface area contributed by atoms with Crippen LogP contribution in [0.15, 0.2) is 24.3 Å². The van der Waals surface area contributed by atoms with Gasteiger partial charge in [-0.2, -0.15) is 0 Å². The van der Waals surface area contributed by atoms with Gasteiger partial charge in [0.05, 0.1) is 13.7 Å². The molecule has 1 aromatic carbocycles. The number of hydrogen-bond acceptors (Lipinski definition) is 4. The number of carbonyl (C=O) groups excluding carboxylic acids is 2. The molecule has 4 aliphatic rings. The molecule has 5 heteroatoms. The number of hydrogen-bond donors (Lipinski definition) is 1. The molecule has 5 nitrogen and oxygen atoms in total. The van der Waals surface area contributed by atoms with Gasteiger partial charge in [-0.15, -0.1) is 0 Å². The van der Waals surface area contributed by atoms with Crippen LogP contribution in [0.2, 0.25) is 0 Å². The van der Waals surface area contributed by atoms with Crippen LogP contribution in [-0.2, 0) is 20.7 Å². The van der Waals surface area contributed by atoms with Crippen LogP contribution in [0, 0.1) is 23.2 Å². The summed E-state index contributed by atoms with van der Waals surface area (Å²) in [5.74, 6) is 2.69. The first-order valence-corrected chi connectivity index (χ1v) is 10.1. The van der Waals surface area contributed by atoms with E-state index in [2.05, 4.69) is 5.32 Å². The molecule has 0 saturated heterocycles. The lowest BCUT2D eigenvalue weighted by Crippen LogP contribution is -2.54. The van der Waals surface area contributed by atoms with Gasteiger partial charge in [-0.25, -0.2) is 0 Å². The van der Waals surface area contributed by atoms with Crippen LogP contribution < -0.4 is 10.1 Å². The number of benzene rings is 1. The molecule has 0 unspecified atom stereocenters. The highest BCUT2D eigenvalue weighted by molar-refractivity contribution is 5.86. The smallest absolute Gasteiger partial charge is 0.325 e. The molecule has 4 bridgehead atoms. The summed E-state index contributed by atoms with van der Waals surface area (Å²) in [4.78, 5) is 24.8. The predicted molar refractivity (Wildman–Crippen MR) is 101 cm³/mol. The Kier molecular flexibility index (Phi) is 5.11. The minimum atomic E-state index is -0.360. The van der Waals surface area contributed by atoms with Gasteiger partial charge in [0, 0.05) is 11.8 Å². The van der Waals surface area contributed by atoms with Crippen molar-refractivity contribution in [1.82, 2.24) is 5.32 Å². The Morgan fingerprint density at radius 1 is 1.04 bits per heavy atom. The van der Waals surface area contributed by atoms with Crippen molar-refractivity contribution >= 4 is 11.9 Å². The summed E-state index contributed by atoms with van der Waals surface area (Å²) in [6, 6.07) is 7.70. The lowest BCUT2D eigenvalue weighted by atomic mass is 9.49. The zero-order valence-electron chi connectivity index (χ0n) is 16.0. The zero-order chi connectivity index (χ0) is 18.9. The molecule has 146 valence electrons. The molecule has 0 radical (unpaired) electrons. The number of carbonyl (C=O) groups is 2. The molecule has 1 aromatic rings. The Morgan fingerprint density at radius 3 is 2.19 bits per heavy atom. The molecule has 0 heterocycles. The molecule has 0 atom stereocenters. The first kappa shape index (κ1) is 18.3. The summed E-state index contributed by atoms with van der Waals surface area (Å²) in [7, 11) is 1.63. The summed E-state index contributed by atoms with van der Waals surface area (Å²) in [5, 5.41) is 2.87. The average molecular weight is 371 g/mol. The van der Waals surface area contributed by atoms with E-state index in [1.807, 2.05) is 24.3 Å². The van der Waals surface area contributed by atoms with Crippen LogP contribution in [0.3, 0.4) is 0 Å². The second-order valence-electron chi connectivity index (χ2n) is 8.70. The molecule has 4 saturated carbocycles. The van der Waals surface area contributed by atoms with Crippen LogP contribution in [0.5, 0.6) is 5.75 Å². The van der Waals surface area contributed by atoms with E-state index >= 15 is 0 Å². The van der Waals surface area contributed by atoms with Crippen LogP contribution in [0.1, 0.15) is 44.1 Å². The fraction of sp³-hybridized carbons (Fsp3) is 0.636. The number of rotatable bonds is 7. The highest BCUT2D eigenvalue weighted by atomic mass is 16.5. The molecule has 5 rings (SSSR count). The highest BCUT2D eigenvalue weighted by Crippen LogP contribution is 2.60. The van der Waals surface area contributed by atoms with Crippen molar-refractivity contribution in [3.63, 3.8) is 0 Å². The SMILES string of the molecule is COc1ccc(CCOC(=O)CNC(=O)C23CC4CC(CC(C4)C2)C3)cc1. The van der Waals surface area contributed by atoms with Crippen molar-refractivity contribution in [1.29, 1.82) is 0 Å². The molecule has 4 fully saturated rings. The zero-order valence-corrected chi connectivity index (χ0v) is 16.0. The van der Waals surface area contributed by atoms with E-state index in [-0.39, 0.29) is 23.8 Å². The maximum Gasteiger partial charge on any atom is 0.325 e. The van der Waals surface area contributed by atoms with E-state index in [0.29, 0.717) is 13.0 Å². The second-order valence-corrected chi connectivity index (χ2v) is 8.70. The molecule has 0 spiro atoms. The van der Waals surface area contributed by atoms with E-state index < -0.39 is 0 Å². The van der Waals surface area contributed by atoms with Crippen molar-refractivity contribution in [2.75, 3.05) is 20.3 Å². The van der Waals surface area contributed by atoms with Crippen LogP contribution in [0.25, 0.3) is 0 Å². The Morgan fingerprint density at radius 2 is 1.63 bits per heavy atom. The first-order valence-electron chi connectivity index (χ1n) is 10.1. The fourth-order valence-corrected chi connectivity index (χ4v) is 5.85. The molecule has 0 aromatic heterocycles. The summed E-state index contributed by atoms with van der Waals surface area (Å²) in [6.07, 6.45) is 7.60. The molecule has 1 amide bonds. The van der Waals surface area contributed by atoms with Gasteiger partial charge >= 0.3 is 5.97 Å². The number of esters is 1. The standard InChI is InChI=1S/C22H29NO4/c1-26-19-4-2-15(3-5-19)6-7-27-20(24)14-23-21(25)22-11-16-8-17(12-22)10-18(9-16)13-22/h2-5,16-18H,6-14H2,1H3,(H,23,25). The highest BCUT2D eigenvalue weighted by Gasteiger charge is 2.54. The normalized spacial score (nSPS) is 30.8. The molecular weight excluding hydrogens is 342 g/mol. The van der Waals surface area contributed by atoms with Gasteiger partial charge in [-0.1, -0.05) is 12.1 Å². The van der Waals surface area contributed by atoms with Gasteiger partial charge in [0.15, 0.2) is 0 Å². The third kappa shape index (κ3) is 3.97. The van der Waals surface area contributed by atoms with E-state index in [4.69, 9.17) is 9.47 Å². The molecule has 27 heavy (non-hydrogen) atoms. The van der Waals surface area contributed by atoms with Crippen LogP contribution in [-0.4, -0.2) is 32.1 Å². The van der Waals surface area contributed by atoms with Crippen molar-refractivity contribution < 1.29 is 19.1 Å². The first-order chi connectivity index (χ1) is 13.1. The van der Waals surface area contributed by atoms with Gasteiger partial charge in [-0.05, 0) is 74.0 Å². The molecular formula is C22H29NO4. The molecule has 1 N–H and O–H groups in total. The number of methoxy groups -OCH3 is 1.